The first-order valence-electron chi connectivity index (χ1n) is 8.20. The van der Waals surface area contributed by atoms with Gasteiger partial charge >= 0.3 is 6.03 Å². The average molecular weight is 336 g/mol. The zero-order valence-electron chi connectivity index (χ0n) is 13.5. The van der Waals surface area contributed by atoms with Crippen LogP contribution in [0.4, 0.5) is 4.79 Å². The van der Waals surface area contributed by atoms with Gasteiger partial charge < -0.3 is 9.42 Å². The molecule has 7 nitrogen and oxygen atoms in total. The fourth-order valence-corrected chi connectivity index (χ4v) is 3.01. The monoisotopic (exact) mass is 336 g/mol. The number of urea groups is 1. The van der Waals surface area contributed by atoms with Crippen LogP contribution < -0.4 is 0 Å². The minimum Gasteiger partial charge on any atom is -0.359 e. The Morgan fingerprint density at radius 3 is 2.68 bits per heavy atom. The van der Waals surface area contributed by atoms with Crippen molar-refractivity contribution in [3.8, 4) is 17.3 Å². The van der Waals surface area contributed by atoms with Gasteiger partial charge in [-0.05, 0) is 12.8 Å². The molecule has 126 valence electrons. The van der Waals surface area contributed by atoms with Gasteiger partial charge in [-0.1, -0.05) is 35.5 Å². The van der Waals surface area contributed by atoms with Crippen molar-refractivity contribution in [2.45, 2.75) is 25.4 Å². The number of benzene rings is 1. The second kappa shape index (κ2) is 6.06. The van der Waals surface area contributed by atoms with Gasteiger partial charge in [-0.3, -0.25) is 9.69 Å². The van der Waals surface area contributed by atoms with Gasteiger partial charge in [-0.25, -0.2) is 4.79 Å². The van der Waals surface area contributed by atoms with Crippen molar-refractivity contribution < 1.29 is 14.1 Å². The topological polar surface area (TPSA) is 90.4 Å². The lowest BCUT2D eigenvalue weighted by atomic mass is 10.1. The Bertz CT molecular complexity index is 851. The summed E-state index contributed by atoms with van der Waals surface area (Å²) in [6, 6.07) is 13.0. The number of aromatic nitrogens is 1. The largest absolute Gasteiger partial charge is 0.359 e. The average Bonchev–Trinajstić information content (AvgIpc) is 3.37. The van der Waals surface area contributed by atoms with Crippen LogP contribution in [0.15, 0.2) is 40.9 Å². The lowest BCUT2D eigenvalue weighted by Gasteiger charge is -2.35. The molecule has 0 radical (unpaired) electrons. The summed E-state index contributed by atoms with van der Waals surface area (Å²) < 4.78 is 5.30. The molecule has 1 unspecified atom stereocenters. The predicted molar refractivity (Wildman–Crippen MR) is 86.7 cm³/mol. The van der Waals surface area contributed by atoms with Crippen LogP contribution in [0, 0.1) is 17.2 Å². The van der Waals surface area contributed by atoms with Gasteiger partial charge in [0.25, 0.3) is 0 Å². The molecule has 1 aliphatic carbocycles. The van der Waals surface area contributed by atoms with Crippen molar-refractivity contribution in [1.29, 1.82) is 5.26 Å². The lowest BCUT2D eigenvalue weighted by Crippen LogP contribution is -2.56. The number of amides is 3. The van der Waals surface area contributed by atoms with Crippen LogP contribution in [0.25, 0.3) is 11.3 Å². The highest BCUT2D eigenvalue weighted by Crippen LogP contribution is 2.32. The van der Waals surface area contributed by atoms with Crippen LogP contribution >= 0.6 is 0 Å². The van der Waals surface area contributed by atoms with Gasteiger partial charge in [0.2, 0.25) is 5.91 Å². The highest BCUT2D eigenvalue weighted by atomic mass is 16.5. The van der Waals surface area contributed by atoms with E-state index in [2.05, 4.69) is 5.16 Å². The second-order valence-electron chi connectivity index (χ2n) is 6.32. The number of carbonyl (C=O) groups is 2. The normalized spacial score (nSPS) is 20.7. The molecule has 7 heteroatoms. The third-order valence-corrected chi connectivity index (χ3v) is 4.51. The van der Waals surface area contributed by atoms with Crippen LogP contribution in [-0.2, 0) is 11.3 Å². The standard InChI is InChI=1S/C18H16N4O3/c19-9-13-10-21(14-6-7-14)18(24)22(17(13)23)11-15-8-16(20-25-15)12-4-2-1-3-5-12/h1-5,8,13-14H,6-7,10-11H2. The molecular formula is C18H16N4O3. The summed E-state index contributed by atoms with van der Waals surface area (Å²) in [4.78, 5) is 27.8. The van der Waals surface area contributed by atoms with E-state index in [1.54, 1.807) is 11.0 Å². The van der Waals surface area contributed by atoms with Crippen molar-refractivity contribution in [2.75, 3.05) is 6.54 Å². The highest BCUT2D eigenvalue weighted by molar-refractivity contribution is 5.99. The number of imide groups is 1. The maximum absolute atomic E-state index is 12.6. The smallest absolute Gasteiger partial charge is 0.327 e. The minimum absolute atomic E-state index is 0.0150. The number of hydrogen-bond donors (Lipinski definition) is 0. The van der Waals surface area contributed by atoms with E-state index in [-0.39, 0.29) is 25.2 Å². The van der Waals surface area contributed by atoms with E-state index < -0.39 is 11.8 Å². The SMILES string of the molecule is N#CC1CN(C2CC2)C(=O)N(Cc2cc(-c3ccccc3)no2)C1=O. The van der Waals surface area contributed by atoms with Crippen molar-refractivity contribution in [1.82, 2.24) is 15.0 Å². The summed E-state index contributed by atoms with van der Waals surface area (Å²) in [5, 5.41) is 13.2. The predicted octanol–water partition coefficient (Wildman–Crippen LogP) is 2.41. The molecule has 25 heavy (non-hydrogen) atoms. The first-order valence-corrected chi connectivity index (χ1v) is 8.20. The first-order chi connectivity index (χ1) is 12.2. The summed E-state index contributed by atoms with van der Waals surface area (Å²) in [7, 11) is 0. The molecule has 4 rings (SSSR count). The van der Waals surface area contributed by atoms with Gasteiger partial charge in [-0.2, -0.15) is 5.26 Å². The van der Waals surface area contributed by atoms with E-state index in [9.17, 15) is 14.9 Å². The number of hydrogen-bond acceptors (Lipinski definition) is 5. The molecule has 1 atom stereocenters. The summed E-state index contributed by atoms with van der Waals surface area (Å²) in [6.45, 7) is 0.167. The Hall–Kier alpha value is -3.14. The van der Waals surface area contributed by atoms with Gasteiger partial charge in [0.1, 0.15) is 11.6 Å². The molecule has 2 aliphatic rings. The third kappa shape index (κ3) is 2.87. The summed E-state index contributed by atoms with van der Waals surface area (Å²) in [6.07, 6.45) is 1.85. The molecule has 2 fully saturated rings. The Morgan fingerprint density at radius 1 is 1.24 bits per heavy atom. The highest BCUT2D eigenvalue weighted by Gasteiger charge is 2.45. The molecule has 0 spiro atoms. The molecule has 1 saturated carbocycles. The van der Waals surface area contributed by atoms with Crippen molar-refractivity contribution in [2.24, 2.45) is 5.92 Å². The maximum atomic E-state index is 12.6. The maximum Gasteiger partial charge on any atom is 0.327 e. The van der Waals surface area contributed by atoms with E-state index in [4.69, 9.17) is 4.52 Å². The molecule has 1 saturated heterocycles. The first kappa shape index (κ1) is 15.4. The van der Waals surface area contributed by atoms with Crippen molar-refractivity contribution in [3.05, 3.63) is 42.2 Å². The van der Waals surface area contributed by atoms with E-state index in [0.717, 1.165) is 23.3 Å². The fourth-order valence-electron chi connectivity index (χ4n) is 3.01. The zero-order chi connectivity index (χ0) is 17.4. The van der Waals surface area contributed by atoms with E-state index in [1.165, 1.54) is 0 Å². The lowest BCUT2D eigenvalue weighted by molar-refractivity contribution is -0.134. The summed E-state index contributed by atoms with van der Waals surface area (Å²) in [5.41, 5.74) is 1.53. The van der Waals surface area contributed by atoms with Crippen LogP contribution in [0.3, 0.4) is 0 Å². The number of nitriles is 1. The Labute approximate surface area is 144 Å². The van der Waals surface area contributed by atoms with E-state index in [0.29, 0.717) is 11.5 Å². The molecule has 2 aromatic rings. The summed E-state index contributed by atoms with van der Waals surface area (Å²) >= 11 is 0. The Morgan fingerprint density at radius 2 is 2.00 bits per heavy atom. The quantitative estimate of drug-likeness (QED) is 0.855. The van der Waals surface area contributed by atoms with E-state index in [1.807, 2.05) is 36.4 Å². The van der Waals surface area contributed by atoms with E-state index >= 15 is 0 Å². The number of nitrogens with zero attached hydrogens (tertiary/aromatic N) is 4. The molecule has 2 heterocycles. The van der Waals surface area contributed by atoms with Gasteiger partial charge in [0.05, 0.1) is 12.6 Å². The number of carbonyl (C=O) groups excluding carboxylic acids is 2. The minimum atomic E-state index is -0.824. The Balaban J connectivity index is 1.56. The van der Waals surface area contributed by atoms with Crippen LogP contribution in [0.2, 0.25) is 0 Å². The van der Waals surface area contributed by atoms with Gasteiger partial charge in [0.15, 0.2) is 5.76 Å². The van der Waals surface area contributed by atoms with Crippen molar-refractivity contribution in [3.63, 3.8) is 0 Å². The molecule has 0 bridgehead atoms. The second-order valence-corrected chi connectivity index (χ2v) is 6.32. The molecular weight excluding hydrogens is 320 g/mol. The van der Waals surface area contributed by atoms with Crippen LogP contribution in [0.5, 0.6) is 0 Å². The molecule has 1 aliphatic heterocycles. The molecule has 1 aromatic carbocycles. The molecule has 0 N–H and O–H groups in total. The van der Waals surface area contributed by atoms with Crippen LogP contribution in [-0.4, -0.2) is 39.5 Å². The third-order valence-electron chi connectivity index (χ3n) is 4.51. The fraction of sp³-hybridized carbons (Fsp3) is 0.333. The molecule has 3 amide bonds. The molecule has 1 aromatic heterocycles. The number of rotatable bonds is 4. The van der Waals surface area contributed by atoms with Gasteiger partial charge in [0, 0.05) is 24.2 Å². The zero-order valence-corrected chi connectivity index (χ0v) is 13.5. The van der Waals surface area contributed by atoms with Gasteiger partial charge in [-0.15, -0.1) is 0 Å². The van der Waals surface area contributed by atoms with Crippen LogP contribution in [0.1, 0.15) is 18.6 Å². The Kier molecular flexibility index (Phi) is 3.73. The van der Waals surface area contributed by atoms with Crippen molar-refractivity contribution >= 4 is 11.9 Å². The summed E-state index contributed by atoms with van der Waals surface area (Å²) in [5.74, 6) is -0.883.